The van der Waals surface area contributed by atoms with Crippen LogP contribution in [-0.2, 0) is 0 Å². The molecule has 0 unspecified atom stereocenters. The molecule has 2 atom stereocenters. The molecule has 1 aliphatic rings. The summed E-state index contributed by atoms with van der Waals surface area (Å²) in [6.07, 6.45) is -0.693. The number of nitrogens with one attached hydrogen (secondary N) is 1. The molecule has 0 bridgehead atoms. The van der Waals surface area contributed by atoms with Gasteiger partial charge >= 0.3 is 11.6 Å². The second-order valence-corrected chi connectivity index (χ2v) is 4.97. The molecule has 1 aliphatic heterocycles. The summed E-state index contributed by atoms with van der Waals surface area (Å²) >= 11 is 0.780. The highest BCUT2D eigenvalue weighted by atomic mass is 32.2. The minimum absolute atomic E-state index is 0.151. The zero-order chi connectivity index (χ0) is 12.8. The summed E-state index contributed by atoms with van der Waals surface area (Å²) in [5.74, 6) is -3.54. The Morgan fingerprint density at radius 2 is 2.24 bits per heavy atom. The summed E-state index contributed by atoms with van der Waals surface area (Å²) in [5, 5.41) is 7.66. The lowest BCUT2D eigenvalue weighted by atomic mass is 10.2. The number of hydrogen-bond donors (Lipinski definition) is 2. The van der Waals surface area contributed by atoms with E-state index in [0.717, 1.165) is 22.5 Å². The lowest BCUT2D eigenvalue weighted by Crippen LogP contribution is -2.41. The van der Waals surface area contributed by atoms with Crippen molar-refractivity contribution < 1.29 is 13.9 Å². The second kappa shape index (κ2) is 3.95. The van der Waals surface area contributed by atoms with Gasteiger partial charge in [0.1, 0.15) is 6.10 Å². The number of H-pyrrole nitrogens is 1. The summed E-state index contributed by atoms with van der Waals surface area (Å²) in [6.45, 7) is 1.42. The molecular formula is C9H10F2N2O3S. The third kappa shape index (κ3) is 1.91. The van der Waals surface area contributed by atoms with Crippen molar-refractivity contribution in [2.75, 3.05) is 5.75 Å². The maximum atomic E-state index is 13.6. The van der Waals surface area contributed by atoms with Crippen molar-refractivity contribution >= 4 is 11.8 Å². The highest BCUT2D eigenvalue weighted by Crippen LogP contribution is 2.47. The molecule has 2 heterocycles. The molecule has 0 saturated carbocycles. The Kier molecular flexibility index (Phi) is 2.86. The van der Waals surface area contributed by atoms with Gasteiger partial charge in [-0.3, -0.25) is 14.3 Å². The van der Waals surface area contributed by atoms with Gasteiger partial charge in [0.2, 0.25) is 0 Å². The summed E-state index contributed by atoms with van der Waals surface area (Å²) in [7, 11) is 0. The Morgan fingerprint density at radius 1 is 1.59 bits per heavy atom. The van der Waals surface area contributed by atoms with E-state index in [9.17, 15) is 18.4 Å². The molecule has 0 aromatic carbocycles. The fourth-order valence-electron chi connectivity index (χ4n) is 1.60. The van der Waals surface area contributed by atoms with Gasteiger partial charge in [0, 0.05) is 17.5 Å². The minimum Gasteiger partial charge on any atom is -0.386 e. The molecule has 8 heteroatoms. The number of aromatic amines is 1. The van der Waals surface area contributed by atoms with Gasteiger partial charge in [-0.2, -0.15) is 0 Å². The van der Waals surface area contributed by atoms with Crippen LogP contribution < -0.4 is 11.2 Å². The van der Waals surface area contributed by atoms with Gasteiger partial charge in [0.25, 0.3) is 5.56 Å². The smallest absolute Gasteiger partial charge is 0.329 e. The predicted octanol–water partition coefficient (Wildman–Crippen LogP) is 0.0866. The number of nitrogens with zero attached hydrogens (tertiary/aromatic N) is 1. The van der Waals surface area contributed by atoms with Crippen LogP contribution >= 0.6 is 11.8 Å². The van der Waals surface area contributed by atoms with Crippen LogP contribution in [-0.4, -0.2) is 32.4 Å². The monoisotopic (exact) mass is 264 g/mol. The number of aromatic nitrogens is 2. The molecule has 2 N–H and O–H groups in total. The van der Waals surface area contributed by atoms with Crippen LogP contribution in [0.3, 0.4) is 0 Å². The Hall–Kier alpha value is -1.15. The standard InChI is InChI=1S/C9H10F2N2O3S/c1-4-2-13(8(16)12-6(4)15)7-9(10,11)5(14)3-17-7/h2,5,7,14H,3H2,1H3,(H,12,15,16)/t5-,7+/m1/s1. The van der Waals surface area contributed by atoms with Gasteiger partial charge in [-0.15, -0.1) is 11.8 Å². The Balaban J connectivity index is 2.53. The van der Waals surface area contributed by atoms with E-state index in [2.05, 4.69) is 0 Å². The normalized spacial score (nSPS) is 27.3. The first-order valence-corrected chi connectivity index (χ1v) is 5.88. The zero-order valence-corrected chi connectivity index (χ0v) is 9.63. The molecule has 5 nitrogen and oxygen atoms in total. The SMILES string of the molecule is Cc1cn([C@H]2SC[C@@H](O)C2(F)F)c(=O)[nH]c1=O. The molecule has 1 aromatic rings. The van der Waals surface area contributed by atoms with Gasteiger partial charge in [-0.25, -0.2) is 13.6 Å². The summed E-state index contributed by atoms with van der Waals surface area (Å²) in [6, 6.07) is 0. The molecule has 1 fully saturated rings. The van der Waals surface area contributed by atoms with Crippen LogP contribution in [0.5, 0.6) is 0 Å². The minimum atomic E-state index is -3.39. The summed E-state index contributed by atoms with van der Waals surface area (Å²) in [4.78, 5) is 24.5. The van der Waals surface area contributed by atoms with Crippen molar-refractivity contribution in [2.45, 2.75) is 24.3 Å². The van der Waals surface area contributed by atoms with Crippen LogP contribution in [0.1, 0.15) is 10.9 Å². The summed E-state index contributed by atoms with van der Waals surface area (Å²) in [5.41, 5.74) is -1.33. The molecule has 94 valence electrons. The number of aryl methyl sites for hydroxylation is 1. The van der Waals surface area contributed by atoms with E-state index in [-0.39, 0.29) is 11.3 Å². The number of rotatable bonds is 1. The maximum Gasteiger partial charge on any atom is 0.329 e. The molecule has 17 heavy (non-hydrogen) atoms. The van der Waals surface area contributed by atoms with E-state index in [1.54, 1.807) is 0 Å². The van der Waals surface area contributed by atoms with Gasteiger partial charge in [-0.05, 0) is 6.92 Å². The topological polar surface area (TPSA) is 75.1 Å². The Bertz CT molecular complexity index is 554. The van der Waals surface area contributed by atoms with Gasteiger partial charge in [-0.1, -0.05) is 0 Å². The van der Waals surface area contributed by atoms with Crippen molar-refractivity contribution in [3.8, 4) is 0 Å². The van der Waals surface area contributed by atoms with Crippen LogP contribution in [0.4, 0.5) is 8.78 Å². The third-order valence-electron chi connectivity index (χ3n) is 2.58. The van der Waals surface area contributed by atoms with E-state index < -0.39 is 28.6 Å². The van der Waals surface area contributed by atoms with E-state index in [4.69, 9.17) is 5.11 Å². The van der Waals surface area contributed by atoms with Crippen LogP contribution in [0.15, 0.2) is 15.8 Å². The molecule has 1 aromatic heterocycles. The number of halogens is 2. The lowest BCUT2D eigenvalue weighted by molar-refractivity contribution is -0.103. The fraction of sp³-hybridized carbons (Fsp3) is 0.556. The molecule has 1 saturated heterocycles. The number of aliphatic hydroxyl groups is 1. The first kappa shape index (κ1) is 12.3. The fourth-order valence-corrected chi connectivity index (χ4v) is 2.88. The van der Waals surface area contributed by atoms with Gasteiger partial charge < -0.3 is 5.11 Å². The molecular weight excluding hydrogens is 254 g/mol. The van der Waals surface area contributed by atoms with E-state index in [1.807, 2.05) is 4.98 Å². The first-order valence-electron chi connectivity index (χ1n) is 4.83. The highest BCUT2D eigenvalue weighted by Gasteiger charge is 2.53. The number of hydrogen-bond acceptors (Lipinski definition) is 4. The first-order chi connectivity index (χ1) is 7.84. The molecule has 0 aliphatic carbocycles. The lowest BCUT2D eigenvalue weighted by Gasteiger charge is -2.22. The van der Waals surface area contributed by atoms with Crippen LogP contribution in [0, 0.1) is 6.92 Å². The predicted molar refractivity (Wildman–Crippen MR) is 58.5 cm³/mol. The van der Waals surface area contributed by atoms with Crippen molar-refractivity contribution in [3.05, 3.63) is 32.6 Å². The average molecular weight is 264 g/mol. The Morgan fingerprint density at radius 3 is 2.76 bits per heavy atom. The number of alkyl halides is 2. The number of aliphatic hydroxyl groups excluding tert-OH is 1. The maximum absolute atomic E-state index is 13.6. The Labute approximate surface area is 98.5 Å². The number of thioether (sulfide) groups is 1. The quantitative estimate of drug-likeness (QED) is 0.753. The van der Waals surface area contributed by atoms with Gasteiger partial charge in [0.05, 0.1) is 0 Å². The van der Waals surface area contributed by atoms with Crippen LogP contribution in [0.25, 0.3) is 0 Å². The summed E-state index contributed by atoms with van der Waals surface area (Å²) < 4.78 is 27.9. The molecule has 0 spiro atoms. The van der Waals surface area contributed by atoms with Crippen LogP contribution in [0.2, 0.25) is 0 Å². The van der Waals surface area contributed by atoms with Crippen molar-refractivity contribution in [2.24, 2.45) is 0 Å². The largest absolute Gasteiger partial charge is 0.386 e. The molecule has 0 amide bonds. The van der Waals surface area contributed by atoms with Crippen molar-refractivity contribution in [1.29, 1.82) is 0 Å². The van der Waals surface area contributed by atoms with Gasteiger partial charge in [0.15, 0.2) is 5.37 Å². The average Bonchev–Trinajstić information content (AvgIpc) is 2.49. The second-order valence-electron chi connectivity index (χ2n) is 3.85. The van der Waals surface area contributed by atoms with E-state index in [1.165, 1.54) is 6.92 Å². The van der Waals surface area contributed by atoms with E-state index >= 15 is 0 Å². The van der Waals surface area contributed by atoms with Crippen molar-refractivity contribution in [3.63, 3.8) is 0 Å². The van der Waals surface area contributed by atoms with E-state index in [0.29, 0.717) is 0 Å². The van der Waals surface area contributed by atoms with Crippen molar-refractivity contribution in [1.82, 2.24) is 9.55 Å². The molecule has 2 rings (SSSR count). The highest BCUT2D eigenvalue weighted by molar-refractivity contribution is 7.99. The molecule has 0 radical (unpaired) electrons. The zero-order valence-electron chi connectivity index (χ0n) is 8.81. The third-order valence-corrected chi connectivity index (χ3v) is 3.95.